The Morgan fingerprint density at radius 2 is 1.86 bits per heavy atom. The molecule has 1 amide bonds. The standard InChI is InChI=1S/C28H33N7O/c1-19-6-5-7-24(16-19)34-15-14-33(18-22(34)4)27-11-10-25-30-31-26(35(25)32-27)12-13-28(36)29-23-9-8-20(2)21(3)17-23/h5-11,16-17,22H,12-15,18H2,1-4H3,(H,29,36)/t22-/m1/s1. The number of amides is 1. The molecular weight excluding hydrogens is 450 g/mol. The van der Waals surface area contributed by atoms with Crippen LogP contribution in [0.15, 0.2) is 54.6 Å². The lowest BCUT2D eigenvalue weighted by Gasteiger charge is -2.41. The van der Waals surface area contributed by atoms with E-state index < -0.39 is 0 Å². The molecule has 0 saturated carbocycles. The van der Waals surface area contributed by atoms with Crippen molar-refractivity contribution in [2.24, 2.45) is 0 Å². The van der Waals surface area contributed by atoms with Gasteiger partial charge in [-0.2, -0.15) is 4.52 Å². The summed E-state index contributed by atoms with van der Waals surface area (Å²) in [5, 5.41) is 16.4. The molecule has 36 heavy (non-hydrogen) atoms. The minimum absolute atomic E-state index is 0.0488. The van der Waals surface area contributed by atoms with Crippen molar-refractivity contribution < 1.29 is 4.79 Å². The second-order valence-corrected chi connectivity index (χ2v) is 9.75. The summed E-state index contributed by atoms with van der Waals surface area (Å²) >= 11 is 0. The fourth-order valence-electron chi connectivity index (χ4n) is 4.77. The quantitative estimate of drug-likeness (QED) is 0.440. The minimum Gasteiger partial charge on any atom is -0.365 e. The van der Waals surface area contributed by atoms with Gasteiger partial charge in [0.05, 0.1) is 0 Å². The zero-order chi connectivity index (χ0) is 25.2. The number of nitrogens with zero attached hydrogens (tertiary/aromatic N) is 6. The van der Waals surface area contributed by atoms with Crippen molar-refractivity contribution in [1.29, 1.82) is 0 Å². The first-order chi connectivity index (χ1) is 17.4. The molecule has 2 aromatic carbocycles. The molecule has 8 heteroatoms. The van der Waals surface area contributed by atoms with Crippen LogP contribution in [-0.2, 0) is 11.2 Å². The monoisotopic (exact) mass is 483 g/mol. The van der Waals surface area contributed by atoms with E-state index in [1.54, 1.807) is 4.52 Å². The Bertz CT molecular complexity index is 1400. The average Bonchev–Trinajstić information content (AvgIpc) is 3.27. The lowest BCUT2D eigenvalue weighted by Crippen LogP contribution is -2.52. The van der Waals surface area contributed by atoms with Crippen LogP contribution in [0.4, 0.5) is 17.2 Å². The summed E-state index contributed by atoms with van der Waals surface area (Å²) in [7, 11) is 0. The van der Waals surface area contributed by atoms with Crippen molar-refractivity contribution in [3.8, 4) is 0 Å². The topological polar surface area (TPSA) is 78.7 Å². The van der Waals surface area contributed by atoms with Gasteiger partial charge in [0.2, 0.25) is 5.91 Å². The Balaban J connectivity index is 1.25. The Kier molecular flexibility index (Phi) is 6.59. The van der Waals surface area contributed by atoms with E-state index in [0.717, 1.165) is 36.7 Å². The van der Waals surface area contributed by atoms with Crippen LogP contribution in [0, 0.1) is 20.8 Å². The average molecular weight is 484 g/mol. The van der Waals surface area contributed by atoms with Crippen molar-refractivity contribution in [2.45, 2.75) is 46.6 Å². The third-order valence-corrected chi connectivity index (χ3v) is 6.96. The molecule has 4 aromatic rings. The summed E-state index contributed by atoms with van der Waals surface area (Å²) in [5.74, 6) is 1.54. The van der Waals surface area contributed by atoms with Gasteiger partial charge >= 0.3 is 0 Å². The SMILES string of the molecule is Cc1cccc(N2CCN(c3ccc4nnc(CCC(=O)Nc5ccc(C)c(C)c5)n4n3)C[C@H]2C)c1. The number of rotatable bonds is 6. The maximum absolute atomic E-state index is 12.6. The van der Waals surface area contributed by atoms with E-state index in [-0.39, 0.29) is 5.91 Å². The first-order valence-electron chi connectivity index (χ1n) is 12.5. The molecular formula is C28H33N7O. The highest BCUT2D eigenvalue weighted by molar-refractivity contribution is 5.90. The summed E-state index contributed by atoms with van der Waals surface area (Å²) < 4.78 is 1.77. The van der Waals surface area contributed by atoms with E-state index >= 15 is 0 Å². The molecule has 0 aliphatic carbocycles. The number of piperazine rings is 1. The van der Waals surface area contributed by atoms with Gasteiger partial charge in [0.25, 0.3) is 0 Å². The smallest absolute Gasteiger partial charge is 0.224 e. The fourth-order valence-corrected chi connectivity index (χ4v) is 4.77. The van der Waals surface area contributed by atoms with Crippen LogP contribution in [0.5, 0.6) is 0 Å². The number of benzene rings is 2. The first kappa shape index (κ1) is 23.8. The number of hydrogen-bond acceptors (Lipinski definition) is 6. The Morgan fingerprint density at radius 3 is 2.64 bits per heavy atom. The third kappa shape index (κ3) is 5.03. The summed E-state index contributed by atoms with van der Waals surface area (Å²) in [6.07, 6.45) is 0.775. The summed E-state index contributed by atoms with van der Waals surface area (Å²) in [6, 6.07) is 18.9. The van der Waals surface area contributed by atoms with E-state index in [1.165, 1.54) is 16.8 Å². The molecule has 1 fully saturated rings. The van der Waals surface area contributed by atoms with Crippen molar-refractivity contribution in [1.82, 2.24) is 19.8 Å². The zero-order valence-corrected chi connectivity index (χ0v) is 21.4. The van der Waals surface area contributed by atoms with Crippen LogP contribution in [-0.4, -0.2) is 51.4 Å². The van der Waals surface area contributed by atoms with Crippen molar-refractivity contribution in [2.75, 3.05) is 34.8 Å². The van der Waals surface area contributed by atoms with Crippen LogP contribution in [0.25, 0.3) is 5.65 Å². The number of nitrogens with one attached hydrogen (secondary N) is 1. The second-order valence-electron chi connectivity index (χ2n) is 9.75. The van der Waals surface area contributed by atoms with Crippen LogP contribution in [0.1, 0.15) is 35.9 Å². The molecule has 5 rings (SSSR count). The predicted molar refractivity (Wildman–Crippen MR) is 144 cm³/mol. The Hall–Kier alpha value is -3.94. The zero-order valence-electron chi connectivity index (χ0n) is 21.4. The van der Waals surface area contributed by atoms with E-state index in [9.17, 15) is 4.79 Å². The van der Waals surface area contributed by atoms with Gasteiger partial charge in [-0.25, -0.2) is 0 Å². The van der Waals surface area contributed by atoms with E-state index in [0.29, 0.717) is 30.4 Å². The Labute approximate surface area is 211 Å². The van der Waals surface area contributed by atoms with Gasteiger partial charge in [-0.15, -0.1) is 15.3 Å². The van der Waals surface area contributed by atoms with Crippen LogP contribution < -0.4 is 15.1 Å². The molecule has 1 atom stereocenters. The summed E-state index contributed by atoms with van der Waals surface area (Å²) in [6.45, 7) is 11.2. The molecule has 186 valence electrons. The number of carbonyl (C=O) groups is 1. The molecule has 0 spiro atoms. The summed E-state index contributed by atoms with van der Waals surface area (Å²) in [4.78, 5) is 17.3. The number of aryl methyl sites for hydroxylation is 4. The molecule has 0 unspecified atom stereocenters. The largest absolute Gasteiger partial charge is 0.365 e. The van der Waals surface area contributed by atoms with Crippen molar-refractivity contribution in [3.63, 3.8) is 0 Å². The van der Waals surface area contributed by atoms with E-state index in [2.05, 4.69) is 70.4 Å². The molecule has 2 aromatic heterocycles. The van der Waals surface area contributed by atoms with E-state index in [1.807, 2.05) is 37.3 Å². The van der Waals surface area contributed by atoms with E-state index in [4.69, 9.17) is 5.10 Å². The highest BCUT2D eigenvalue weighted by Crippen LogP contribution is 2.24. The van der Waals surface area contributed by atoms with Crippen LogP contribution in [0.3, 0.4) is 0 Å². The third-order valence-electron chi connectivity index (χ3n) is 6.96. The van der Waals surface area contributed by atoms with Gasteiger partial charge in [-0.3, -0.25) is 4.79 Å². The second kappa shape index (κ2) is 9.97. The van der Waals surface area contributed by atoms with Gasteiger partial charge < -0.3 is 15.1 Å². The molecule has 0 bridgehead atoms. The lowest BCUT2D eigenvalue weighted by molar-refractivity contribution is -0.116. The van der Waals surface area contributed by atoms with Gasteiger partial charge in [-0.1, -0.05) is 18.2 Å². The van der Waals surface area contributed by atoms with Crippen LogP contribution in [0.2, 0.25) is 0 Å². The lowest BCUT2D eigenvalue weighted by atomic mass is 10.1. The minimum atomic E-state index is -0.0488. The van der Waals surface area contributed by atoms with Gasteiger partial charge in [0.15, 0.2) is 11.5 Å². The number of anilines is 3. The predicted octanol–water partition coefficient (Wildman–Crippen LogP) is 4.34. The van der Waals surface area contributed by atoms with Gasteiger partial charge in [-0.05, 0) is 80.8 Å². The first-order valence-corrected chi connectivity index (χ1v) is 12.5. The van der Waals surface area contributed by atoms with Crippen molar-refractivity contribution >= 4 is 28.7 Å². The fraction of sp³-hybridized carbons (Fsp3) is 0.357. The molecule has 0 radical (unpaired) electrons. The van der Waals surface area contributed by atoms with Gasteiger partial charge in [0, 0.05) is 49.9 Å². The summed E-state index contributed by atoms with van der Waals surface area (Å²) in [5.41, 5.74) is 6.41. The maximum Gasteiger partial charge on any atom is 0.224 e. The molecule has 8 nitrogen and oxygen atoms in total. The molecule has 1 aliphatic heterocycles. The molecule has 1 N–H and O–H groups in total. The highest BCUT2D eigenvalue weighted by Gasteiger charge is 2.25. The number of aromatic nitrogens is 4. The number of fused-ring (bicyclic) bond motifs is 1. The number of carbonyl (C=O) groups excluding carboxylic acids is 1. The molecule has 3 heterocycles. The number of hydrogen-bond donors (Lipinski definition) is 1. The molecule has 1 aliphatic rings. The van der Waals surface area contributed by atoms with Gasteiger partial charge in [0.1, 0.15) is 5.82 Å². The normalized spacial score (nSPS) is 15.9. The molecule has 1 saturated heterocycles. The maximum atomic E-state index is 12.6. The van der Waals surface area contributed by atoms with Crippen molar-refractivity contribution in [3.05, 3.63) is 77.1 Å². The van der Waals surface area contributed by atoms with Crippen LogP contribution >= 0.6 is 0 Å². The Morgan fingerprint density at radius 1 is 1.00 bits per heavy atom. The highest BCUT2D eigenvalue weighted by atomic mass is 16.1.